The predicted octanol–water partition coefficient (Wildman–Crippen LogP) is 4.75. The van der Waals surface area contributed by atoms with Crippen molar-refractivity contribution in [2.75, 3.05) is 24.2 Å². The van der Waals surface area contributed by atoms with Gasteiger partial charge in [-0.1, -0.05) is 53.9 Å². The maximum Gasteiger partial charge on any atom is 0.242 e. The molecule has 0 radical (unpaired) electrons. The van der Waals surface area contributed by atoms with Gasteiger partial charge < -0.3 is 10.2 Å². The Balaban J connectivity index is 2.24. The van der Waals surface area contributed by atoms with E-state index in [0.29, 0.717) is 32.7 Å². The second-order valence-corrected chi connectivity index (χ2v) is 10.8. The van der Waals surface area contributed by atoms with Gasteiger partial charge in [0, 0.05) is 47.2 Å². The van der Waals surface area contributed by atoms with Crippen LogP contribution in [0.5, 0.6) is 0 Å². The average molecular weight is 549 g/mol. The molecule has 34 heavy (non-hydrogen) atoms. The quantitative estimate of drug-likeness (QED) is 0.439. The Morgan fingerprint density at radius 1 is 1.06 bits per heavy atom. The van der Waals surface area contributed by atoms with E-state index < -0.39 is 16.1 Å². The van der Waals surface area contributed by atoms with Crippen LogP contribution < -0.4 is 9.62 Å². The van der Waals surface area contributed by atoms with E-state index in [2.05, 4.69) is 5.32 Å². The molecule has 186 valence electrons. The standard InChI is InChI=1S/C23H28Cl3N3O4S/c1-4-21(23(31)27-2)28(15-18-19(25)10-6-11-20(18)26)22(30)12-7-13-29(34(3,32)33)17-9-5-8-16(24)14-17/h5-6,8-11,14,21H,4,7,12-13,15H2,1-3H3,(H,27,31)/t21-/m0/s1. The largest absolute Gasteiger partial charge is 0.357 e. The summed E-state index contributed by atoms with van der Waals surface area (Å²) in [5, 5.41) is 3.77. The molecule has 11 heteroatoms. The number of carbonyl (C=O) groups is 2. The molecule has 0 unspecified atom stereocenters. The third-order valence-electron chi connectivity index (χ3n) is 5.27. The fraction of sp³-hybridized carbons (Fsp3) is 0.391. The van der Waals surface area contributed by atoms with E-state index in [-0.39, 0.29) is 37.7 Å². The third kappa shape index (κ3) is 7.50. The lowest BCUT2D eigenvalue weighted by atomic mass is 10.1. The zero-order valence-electron chi connectivity index (χ0n) is 19.2. The maximum atomic E-state index is 13.3. The van der Waals surface area contributed by atoms with E-state index in [1.54, 1.807) is 49.4 Å². The van der Waals surface area contributed by atoms with Crippen molar-refractivity contribution in [1.29, 1.82) is 0 Å². The molecule has 0 spiro atoms. The van der Waals surface area contributed by atoms with Crippen LogP contribution in [-0.2, 0) is 26.2 Å². The SMILES string of the molecule is CC[C@@H](C(=O)NC)N(Cc1c(Cl)cccc1Cl)C(=O)CCCN(c1cccc(Cl)c1)S(C)(=O)=O. The number of anilines is 1. The fourth-order valence-electron chi connectivity index (χ4n) is 3.57. The number of sulfonamides is 1. The summed E-state index contributed by atoms with van der Waals surface area (Å²) in [5.74, 6) is -0.623. The highest BCUT2D eigenvalue weighted by molar-refractivity contribution is 7.92. The van der Waals surface area contributed by atoms with Gasteiger partial charge in [0.15, 0.2) is 0 Å². The van der Waals surface area contributed by atoms with Crippen molar-refractivity contribution in [2.45, 2.75) is 38.8 Å². The molecular formula is C23H28Cl3N3O4S. The van der Waals surface area contributed by atoms with Crippen LogP contribution in [0.25, 0.3) is 0 Å². The topological polar surface area (TPSA) is 86.8 Å². The molecule has 7 nitrogen and oxygen atoms in total. The Hall–Kier alpha value is -2.00. The molecular weight excluding hydrogens is 521 g/mol. The van der Waals surface area contributed by atoms with E-state index in [4.69, 9.17) is 34.8 Å². The molecule has 0 fully saturated rings. The zero-order valence-corrected chi connectivity index (χ0v) is 22.3. The normalized spacial score (nSPS) is 12.2. The van der Waals surface area contributed by atoms with Gasteiger partial charge in [-0.15, -0.1) is 0 Å². The van der Waals surface area contributed by atoms with Crippen molar-refractivity contribution in [3.63, 3.8) is 0 Å². The van der Waals surface area contributed by atoms with Crippen LogP contribution >= 0.6 is 34.8 Å². The summed E-state index contributed by atoms with van der Waals surface area (Å²) in [6.07, 6.45) is 1.73. The van der Waals surface area contributed by atoms with Gasteiger partial charge in [0.05, 0.1) is 11.9 Å². The molecule has 0 bridgehead atoms. The van der Waals surface area contributed by atoms with E-state index in [1.165, 1.54) is 16.3 Å². The Morgan fingerprint density at radius 2 is 1.68 bits per heavy atom. The van der Waals surface area contributed by atoms with E-state index >= 15 is 0 Å². The molecule has 2 aromatic rings. The molecule has 0 saturated heterocycles. The molecule has 2 amide bonds. The minimum atomic E-state index is -3.60. The van der Waals surface area contributed by atoms with Gasteiger partial charge in [-0.25, -0.2) is 8.42 Å². The fourth-order valence-corrected chi connectivity index (χ4v) is 5.23. The van der Waals surface area contributed by atoms with Gasteiger partial charge in [0.2, 0.25) is 21.8 Å². The van der Waals surface area contributed by atoms with Crippen LogP contribution in [-0.4, -0.2) is 51.0 Å². The van der Waals surface area contributed by atoms with Crippen LogP contribution in [0.4, 0.5) is 5.69 Å². The molecule has 0 aliphatic heterocycles. The van der Waals surface area contributed by atoms with Crippen molar-refractivity contribution in [2.24, 2.45) is 0 Å². The van der Waals surface area contributed by atoms with Gasteiger partial charge in [0.1, 0.15) is 6.04 Å². The third-order valence-corrected chi connectivity index (χ3v) is 7.41. The van der Waals surface area contributed by atoms with Crippen LogP contribution in [0.1, 0.15) is 31.7 Å². The molecule has 2 aromatic carbocycles. The number of likely N-dealkylation sites (N-methyl/N-ethyl adjacent to an activating group) is 1. The number of hydrogen-bond donors (Lipinski definition) is 1. The number of nitrogens with one attached hydrogen (secondary N) is 1. The Morgan fingerprint density at radius 3 is 2.21 bits per heavy atom. The lowest BCUT2D eigenvalue weighted by molar-refractivity contribution is -0.141. The van der Waals surface area contributed by atoms with Crippen LogP contribution in [0.2, 0.25) is 15.1 Å². The summed E-state index contributed by atoms with van der Waals surface area (Å²) in [7, 11) is -2.10. The van der Waals surface area contributed by atoms with Crippen LogP contribution in [0.3, 0.4) is 0 Å². The minimum absolute atomic E-state index is 0.0160. The summed E-state index contributed by atoms with van der Waals surface area (Å²) in [6.45, 7) is 1.93. The highest BCUT2D eigenvalue weighted by atomic mass is 35.5. The van der Waals surface area contributed by atoms with E-state index in [0.717, 1.165) is 6.26 Å². The first kappa shape index (κ1) is 28.2. The van der Waals surface area contributed by atoms with Crippen molar-refractivity contribution in [3.05, 3.63) is 63.1 Å². The first-order valence-electron chi connectivity index (χ1n) is 10.7. The Labute approximate surface area is 216 Å². The first-order valence-corrected chi connectivity index (χ1v) is 13.6. The molecule has 0 saturated carbocycles. The number of amides is 2. The predicted molar refractivity (Wildman–Crippen MR) is 138 cm³/mol. The summed E-state index contributed by atoms with van der Waals surface area (Å²) in [6, 6.07) is 10.8. The van der Waals surface area contributed by atoms with Gasteiger partial charge in [-0.3, -0.25) is 13.9 Å². The number of hydrogen-bond acceptors (Lipinski definition) is 4. The smallest absolute Gasteiger partial charge is 0.242 e. The van der Waals surface area contributed by atoms with Crippen LogP contribution in [0.15, 0.2) is 42.5 Å². The number of carbonyl (C=O) groups excluding carboxylic acids is 2. The lowest BCUT2D eigenvalue weighted by Crippen LogP contribution is -2.48. The molecule has 1 N–H and O–H groups in total. The molecule has 0 aliphatic rings. The van der Waals surface area contributed by atoms with Crippen molar-refractivity contribution < 1.29 is 18.0 Å². The number of benzene rings is 2. The average Bonchev–Trinajstić information content (AvgIpc) is 2.77. The highest BCUT2D eigenvalue weighted by Crippen LogP contribution is 2.28. The van der Waals surface area contributed by atoms with Gasteiger partial charge in [0.25, 0.3) is 0 Å². The van der Waals surface area contributed by atoms with Gasteiger partial charge in [-0.2, -0.15) is 0 Å². The Kier molecular flexibility index (Phi) is 10.5. The van der Waals surface area contributed by atoms with Gasteiger partial charge in [-0.05, 0) is 43.2 Å². The summed E-state index contributed by atoms with van der Waals surface area (Å²) in [5.41, 5.74) is 0.956. The van der Waals surface area contributed by atoms with Gasteiger partial charge >= 0.3 is 0 Å². The molecule has 1 atom stereocenters. The van der Waals surface area contributed by atoms with E-state index in [1.807, 2.05) is 0 Å². The molecule has 0 aromatic heterocycles. The first-order chi connectivity index (χ1) is 16.0. The van der Waals surface area contributed by atoms with Crippen LogP contribution in [0, 0.1) is 0 Å². The van der Waals surface area contributed by atoms with E-state index in [9.17, 15) is 18.0 Å². The Bertz CT molecular complexity index is 1110. The summed E-state index contributed by atoms with van der Waals surface area (Å²) < 4.78 is 25.9. The second-order valence-electron chi connectivity index (χ2n) is 7.68. The molecule has 0 heterocycles. The minimum Gasteiger partial charge on any atom is -0.357 e. The summed E-state index contributed by atoms with van der Waals surface area (Å²) >= 11 is 18.6. The summed E-state index contributed by atoms with van der Waals surface area (Å²) in [4.78, 5) is 27.2. The van der Waals surface area contributed by atoms with Crippen molar-refractivity contribution >= 4 is 62.3 Å². The number of rotatable bonds is 11. The zero-order chi connectivity index (χ0) is 25.5. The number of nitrogens with zero attached hydrogens (tertiary/aromatic N) is 2. The van der Waals surface area contributed by atoms with Crippen molar-refractivity contribution in [3.8, 4) is 0 Å². The number of halogens is 3. The monoisotopic (exact) mass is 547 g/mol. The lowest BCUT2D eigenvalue weighted by Gasteiger charge is -2.31. The second kappa shape index (κ2) is 12.6. The maximum absolute atomic E-state index is 13.3. The molecule has 0 aliphatic carbocycles. The molecule has 2 rings (SSSR count). The highest BCUT2D eigenvalue weighted by Gasteiger charge is 2.29. The van der Waals surface area contributed by atoms with Crippen molar-refractivity contribution in [1.82, 2.24) is 10.2 Å².